The number of carbonyl (C=O) groups excluding carboxylic acids is 1. The number of rotatable bonds is 3. The van der Waals surface area contributed by atoms with Gasteiger partial charge in [-0.15, -0.1) is 0 Å². The third-order valence-electron chi connectivity index (χ3n) is 1.58. The Morgan fingerprint density at radius 1 is 1.60 bits per heavy atom. The van der Waals surface area contributed by atoms with Crippen molar-refractivity contribution < 1.29 is 19.4 Å². The molecule has 1 rings (SSSR count). The Bertz CT molecular complexity index is 405. The minimum absolute atomic E-state index is 0.0147. The molecule has 0 aliphatic heterocycles. The second kappa shape index (κ2) is 4.75. The first kappa shape index (κ1) is 11.5. The van der Waals surface area contributed by atoms with E-state index in [2.05, 4.69) is 9.72 Å². The van der Waals surface area contributed by atoms with Crippen LogP contribution in [0.25, 0.3) is 0 Å². The van der Waals surface area contributed by atoms with Crippen molar-refractivity contribution in [3.8, 4) is 0 Å². The van der Waals surface area contributed by atoms with Crippen molar-refractivity contribution in [1.29, 1.82) is 0 Å². The largest absolute Gasteiger partial charge is 0.476 e. The molecule has 80 valence electrons. The quantitative estimate of drug-likeness (QED) is 0.797. The number of aromatic carboxylic acids is 1. The van der Waals surface area contributed by atoms with Crippen LogP contribution in [0.5, 0.6) is 0 Å². The predicted octanol–water partition coefficient (Wildman–Crippen LogP) is 1.61. The molecular formula is C9H8ClNO4. The smallest absolute Gasteiger partial charge is 0.355 e. The number of carboxylic acid groups (broad SMARTS) is 1. The highest BCUT2D eigenvalue weighted by Crippen LogP contribution is 2.19. The van der Waals surface area contributed by atoms with E-state index in [1.54, 1.807) is 6.92 Å². The highest BCUT2D eigenvalue weighted by Gasteiger charge is 2.22. The number of carboxylic acids is 1. The van der Waals surface area contributed by atoms with E-state index in [0.717, 1.165) is 0 Å². The fourth-order valence-corrected chi connectivity index (χ4v) is 1.22. The molecule has 0 saturated heterocycles. The maximum Gasteiger partial charge on any atom is 0.355 e. The van der Waals surface area contributed by atoms with Gasteiger partial charge in [-0.25, -0.2) is 14.6 Å². The van der Waals surface area contributed by atoms with Gasteiger partial charge in [-0.3, -0.25) is 0 Å². The molecule has 0 amide bonds. The Hall–Kier alpha value is -1.62. The number of hydrogen-bond acceptors (Lipinski definition) is 4. The summed E-state index contributed by atoms with van der Waals surface area (Å²) in [5.74, 6) is -2.10. The monoisotopic (exact) mass is 229 g/mol. The third kappa shape index (κ3) is 2.44. The second-order valence-electron chi connectivity index (χ2n) is 2.54. The van der Waals surface area contributed by atoms with Gasteiger partial charge in [0.25, 0.3) is 0 Å². The molecule has 0 aliphatic rings. The summed E-state index contributed by atoms with van der Waals surface area (Å²) < 4.78 is 4.67. The van der Waals surface area contributed by atoms with Crippen molar-refractivity contribution in [2.75, 3.05) is 6.61 Å². The standard InChI is InChI=1S/C9H8ClNO4/c1-2-15-9(14)6-5(10)3-4-11-7(6)8(12)13/h3-4H,2H2,1H3,(H,12,13). The molecule has 0 aliphatic carbocycles. The van der Waals surface area contributed by atoms with Crippen molar-refractivity contribution in [1.82, 2.24) is 4.98 Å². The van der Waals surface area contributed by atoms with Crippen LogP contribution in [0.4, 0.5) is 0 Å². The zero-order valence-electron chi connectivity index (χ0n) is 7.86. The molecule has 0 fully saturated rings. The Labute approximate surface area is 90.6 Å². The minimum atomic E-state index is -1.32. The molecule has 0 radical (unpaired) electrons. The van der Waals surface area contributed by atoms with E-state index in [9.17, 15) is 9.59 Å². The van der Waals surface area contributed by atoms with Gasteiger partial charge in [0, 0.05) is 6.20 Å². The number of esters is 1. The van der Waals surface area contributed by atoms with E-state index < -0.39 is 17.6 Å². The molecule has 1 aromatic rings. The summed E-state index contributed by atoms with van der Waals surface area (Å²) >= 11 is 5.70. The van der Waals surface area contributed by atoms with Crippen LogP contribution in [-0.4, -0.2) is 28.6 Å². The van der Waals surface area contributed by atoms with Crippen molar-refractivity contribution in [2.45, 2.75) is 6.92 Å². The molecule has 0 atom stereocenters. The Balaban J connectivity index is 3.24. The number of hydrogen-bond donors (Lipinski definition) is 1. The molecule has 0 saturated carbocycles. The third-order valence-corrected chi connectivity index (χ3v) is 1.90. The molecule has 0 spiro atoms. The van der Waals surface area contributed by atoms with Crippen LogP contribution in [0, 0.1) is 0 Å². The topological polar surface area (TPSA) is 76.5 Å². The molecule has 1 aromatic heterocycles. The van der Waals surface area contributed by atoms with Gasteiger partial charge >= 0.3 is 11.9 Å². The van der Waals surface area contributed by atoms with Gasteiger partial charge in [-0.1, -0.05) is 11.6 Å². The van der Waals surface area contributed by atoms with Gasteiger partial charge in [0.05, 0.1) is 11.6 Å². The van der Waals surface area contributed by atoms with Crippen LogP contribution in [-0.2, 0) is 4.74 Å². The SMILES string of the molecule is CCOC(=O)c1c(Cl)ccnc1C(=O)O. The number of halogens is 1. The van der Waals surface area contributed by atoms with Crippen LogP contribution in [0.2, 0.25) is 5.02 Å². The molecule has 0 bridgehead atoms. The highest BCUT2D eigenvalue weighted by molar-refractivity contribution is 6.34. The second-order valence-corrected chi connectivity index (χ2v) is 2.95. The lowest BCUT2D eigenvalue weighted by atomic mass is 10.2. The highest BCUT2D eigenvalue weighted by atomic mass is 35.5. The van der Waals surface area contributed by atoms with E-state index in [1.807, 2.05) is 0 Å². The Morgan fingerprint density at radius 2 is 2.27 bits per heavy atom. The van der Waals surface area contributed by atoms with E-state index in [0.29, 0.717) is 0 Å². The van der Waals surface area contributed by atoms with Crippen molar-refractivity contribution in [2.24, 2.45) is 0 Å². The Kier molecular flexibility index (Phi) is 3.62. The fourth-order valence-electron chi connectivity index (χ4n) is 0.998. The van der Waals surface area contributed by atoms with Gasteiger partial charge in [-0.2, -0.15) is 0 Å². The van der Waals surface area contributed by atoms with Crippen LogP contribution in [0.1, 0.15) is 27.8 Å². The van der Waals surface area contributed by atoms with Crippen molar-refractivity contribution in [3.63, 3.8) is 0 Å². The molecule has 0 aromatic carbocycles. The van der Waals surface area contributed by atoms with E-state index >= 15 is 0 Å². The molecule has 1 N–H and O–H groups in total. The van der Waals surface area contributed by atoms with Gasteiger partial charge in [0.1, 0.15) is 5.56 Å². The lowest BCUT2D eigenvalue weighted by Gasteiger charge is -2.05. The number of ether oxygens (including phenoxy) is 1. The van der Waals surface area contributed by atoms with Crippen LogP contribution < -0.4 is 0 Å². The fraction of sp³-hybridized carbons (Fsp3) is 0.222. The van der Waals surface area contributed by atoms with Gasteiger partial charge in [-0.05, 0) is 13.0 Å². The number of pyridine rings is 1. The number of nitrogens with zero attached hydrogens (tertiary/aromatic N) is 1. The minimum Gasteiger partial charge on any atom is -0.476 e. The summed E-state index contributed by atoms with van der Waals surface area (Å²) in [6.07, 6.45) is 1.22. The average Bonchev–Trinajstić information content (AvgIpc) is 2.17. The Morgan fingerprint density at radius 3 is 2.80 bits per heavy atom. The summed E-state index contributed by atoms with van der Waals surface area (Å²) in [7, 11) is 0. The molecular weight excluding hydrogens is 222 g/mol. The molecule has 1 heterocycles. The summed E-state index contributed by atoms with van der Waals surface area (Å²) in [5, 5.41) is 8.79. The maximum atomic E-state index is 11.4. The van der Waals surface area contributed by atoms with E-state index in [1.165, 1.54) is 12.3 Å². The van der Waals surface area contributed by atoms with E-state index in [-0.39, 0.29) is 17.2 Å². The van der Waals surface area contributed by atoms with Crippen LogP contribution >= 0.6 is 11.6 Å². The first-order valence-electron chi connectivity index (χ1n) is 4.12. The lowest BCUT2D eigenvalue weighted by molar-refractivity contribution is 0.0513. The normalized spacial score (nSPS) is 9.73. The first-order valence-corrected chi connectivity index (χ1v) is 4.50. The van der Waals surface area contributed by atoms with Gasteiger partial charge in [0.2, 0.25) is 0 Å². The summed E-state index contributed by atoms with van der Waals surface area (Å²) in [6.45, 7) is 1.76. The van der Waals surface area contributed by atoms with Gasteiger partial charge in [0.15, 0.2) is 5.69 Å². The first-order chi connectivity index (χ1) is 7.07. The van der Waals surface area contributed by atoms with Gasteiger partial charge < -0.3 is 9.84 Å². The molecule has 15 heavy (non-hydrogen) atoms. The summed E-state index contributed by atoms with van der Waals surface area (Å²) in [4.78, 5) is 25.7. The zero-order valence-corrected chi connectivity index (χ0v) is 8.61. The maximum absolute atomic E-state index is 11.4. The predicted molar refractivity (Wildman–Crippen MR) is 52.2 cm³/mol. The van der Waals surface area contributed by atoms with Crippen LogP contribution in [0.3, 0.4) is 0 Å². The molecule has 5 nitrogen and oxygen atoms in total. The number of aromatic nitrogens is 1. The molecule has 0 unspecified atom stereocenters. The summed E-state index contributed by atoms with van der Waals surface area (Å²) in [5.41, 5.74) is -0.616. The van der Waals surface area contributed by atoms with Crippen molar-refractivity contribution >= 4 is 23.5 Å². The lowest BCUT2D eigenvalue weighted by Crippen LogP contribution is -2.14. The van der Waals surface area contributed by atoms with Crippen LogP contribution in [0.15, 0.2) is 12.3 Å². The van der Waals surface area contributed by atoms with E-state index in [4.69, 9.17) is 16.7 Å². The zero-order chi connectivity index (χ0) is 11.4. The number of carbonyl (C=O) groups is 2. The molecule has 6 heteroatoms. The van der Waals surface area contributed by atoms with Crippen molar-refractivity contribution in [3.05, 3.63) is 28.5 Å². The summed E-state index contributed by atoms with van der Waals surface area (Å²) in [6, 6.07) is 1.33. The average molecular weight is 230 g/mol.